The molecule has 1 aliphatic heterocycles. The number of hydrogen-bond acceptors (Lipinski definition) is 3. The number of benzene rings is 1. The van der Waals surface area contributed by atoms with Crippen molar-refractivity contribution in [2.45, 2.75) is 50.3 Å². The van der Waals surface area contributed by atoms with E-state index in [4.69, 9.17) is 0 Å². The predicted molar refractivity (Wildman–Crippen MR) is 107 cm³/mol. The van der Waals surface area contributed by atoms with E-state index in [1.54, 1.807) is 28.6 Å². The van der Waals surface area contributed by atoms with Gasteiger partial charge in [-0.3, -0.25) is 4.79 Å². The topological polar surface area (TPSA) is 54.5 Å². The van der Waals surface area contributed by atoms with Gasteiger partial charge in [0.25, 0.3) is 0 Å². The maximum absolute atomic E-state index is 13.4. The highest BCUT2D eigenvalue weighted by Gasteiger charge is 2.53. The Morgan fingerprint density at radius 1 is 1.19 bits per heavy atom. The van der Waals surface area contributed by atoms with Gasteiger partial charge in [0.15, 0.2) is 5.78 Å². The number of nitrogens with zero attached hydrogens (tertiary/aromatic N) is 1. The van der Waals surface area contributed by atoms with Gasteiger partial charge in [-0.05, 0) is 32.1 Å². The van der Waals surface area contributed by atoms with Gasteiger partial charge in [0.05, 0.1) is 18.5 Å². The molecule has 0 amide bonds. The van der Waals surface area contributed by atoms with Crippen molar-refractivity contribution >= 4 is 23.9 Å². The van der Waals surface area contributed by atoms with Crippen LogP contribution in [0.2, 0.25) is 19.6 Å². The molecule has 1 fully saturated rings. The van der Waals surface area contributed by atoms with E-state index < -0.39 is 23.6 Å². The third-order valence-electron chi connectivity index (χ3n) is 5.26. The van der Waals surface area contributed by atoms with Crippen LogP contribution in [-0.2, 0) is 14.8 Å². The van der Waals surface area contributed by atoms with E-state index in [0.29, 0.717) is 17.9 Å². The second-order valence-corrected chi connectivity index (χ2v) is 15.6. The van der Waals surface area contributed by atoms with E-state index >= 15 is 0 Å². The van der Waals surface area contributed by atoms with Gasteiger partial charge in [-0.2, -0.15) is 4.31 Å². The first kappa shape index (κ1) is 19.3. The lowest BCUT2D eigenvalue weighted by atomic mass is 9.78. The average Bonchev–Trinajstić information content (AvgIpc) is 2.80. The Labute approximate surface area is 157 Å². The largest absolute Gasteiger partial charge is 0.295 e. The van der Waals surface area contributed by atoms with Crippen LogP contribution in [0, 0.1) is 12.8 Å². The highest BCUT2D eigenvalue weighted by Crippen LogP contribution is 2.47. The summed E-state index contributed by atoms with van der Waals surface area (Å²) in [6, 6.07) is 6.98. The maximum atomic E-state index is 13.4. The normalized spacial score (nSPS) is 28.6. The molecule has 1 aliphatic carbocycles. The van der Waals surface area contributed by atoms with Gasteiger partial charge in [-0.1, -0.05) is 54.7 Å². The number of allylic oxidation sites excluding steroid dienone is 1. The minimum Gasteiger partial charge on any atom is -0.295 e. The number of rotatable bonds is 3. The van der Waals surface area contributed by atoms with Crippen LogP contribution >= 0.6 is 0 Å². The average molecular weight is 390 g/mol. The molecule has 1 aromatic rings. The first-order valence-electron chi connectivity index (χ1n) is 8.97. The number of hydrogen-bond donors (Lipinski definition) is 0. The van der Waals surface area contributed by atoms with E-state index in [1.165, 1.54) is 0 Å². The molecule has 4 nitrogen and oxygen atoms in total. The molecule has 2 atom stereocenters. The van der Waals surface area contributed by atoms with Gasteiger partial charge < -0.3 is 0 Å². The number of ketones is 1. The van der Waals surface area contributed by atoms with E-state index in [9.17, 15) is 13.2 Å². The Morgan fingerprint density at radius 3 is 2.38 bits per heavy atom. The quantitative estimate of drug-likeness (QED) is 0.741. The van der Waals surface area contributed by atoms with Crippen molar-refractivity contribution in [3.63, 3.8) is 0 Å². The molecular formula is C20H27NO3SSi. The Morgan fingerprint density at radius 2 is 1.81 bits per heavy atom. The van der Waals surface area contributed by atoms with Crippen LogP contribution in [0.3, 0.4) is 0 Å². The summed E-state index contributed by atoms with van der Waals surface area (Å²) in [7, 11) is -5.19. The molecular weight excluding hydrogens is 362 g/mol. The molecule has 0 unspecified atom stereocenters. The molecule has 1 saturated heterocycles. The predicted octanol–water partition coefficient (Wildman–Crippen LogP) is 3.71. The third kappa shape index (κ3) is 3.38. The maximum Gasteiger partial charge on any atom is 0.244 e. The molecule has 1 heterocycles. The monoisotopic (exact) mass is 389 g/mol. The van der Waals surface area contributed by atoms with Crippen LogP contribution in [0.25, 0.3) is 0 Å². The zero-order valence-corrected chi connectivity index (χ0v) is 17.9. The zero-order chi connectivity index (χ0) is 19.3. The minimum absolute atomic E-state index is 0.0727. The van der Waals surface area contributed by atoms with Gasteiger partial charge in [-0.25, -0.2) is 8.42 Å². The van der Waals surface area contributed by atoms with E-state index in [-0.39, 0.29) is 11.7 Å². The van der Waals surface area contributed by atoms with E-state index in [2.05, 4.69) is 25.3 Å². The van der Waals surface area contributed by atoms with Gasteiger partial charge in [0, 0.05) is 18.9 Å². The summed E-state index contributed by atoms with van der Waals surface area (Å²) in [5, 5.41) is 0. The lowest BCUT2D eigenvalue weighted by Gasteiger charge is -2.37. The van der Waals surface area contributed by atoms with Crippen molar-refractivity contribution in [1.29, 1.82) is 0 Å². The van der Waals surface area contributed by atoms with Gasteiger partial charge >= 0.3 is 0 Å². The summed E-state index contributed by atoms with van der Waals surface area (Å²) >= 11 is 0. The highest BCUT2D eigenvalue weighted by molar-refractivity contribution is 7.89. The molecule has 1 aromatic carbocycles. The fraction of sp³-hybridized carbons (Fsp3) is 0.450. The number of aryl methyl sites for hydroxylation is 1. The van der Waals surface area contributed by atoms with Crippen molar-refractivity contribution in [3.8, 4) is 0 Å². The first-order valence-corrected chi connectivity index (χ1v) is 14.0. The number of carbonyl (C=O) groups excluding carboxylic acids is 1. The summed E-state index contributed by atoms with van der Waals surface area (Å²) in [6.07, 6.45) is 3.72. The molecule has 6 heteroatoms. The first-order chi connectivity index (χ1) is 11.9. The van der Waals surface area contributed by atoms with E-state index in [1.807, 2.05) is 26.0 Å². The number of fused-ring (bicyclic) bond motifs is 1. The fourth-order valence-electron chi connectivity index (χ4n) is 3.95. The molecule has 140 valence electrons. The lowest BCUT2D eigenvalue weighted by Crippen LogP contribution is -2.48. The van der Waals surface area contributed by atoms with Gasteiger partial charge in [0.2, 0.25) is 10.0 Å². The molecule has 0 aromatic heterocycles. The summed E-state index contributed by atoms with van der Waals surface area (Å²) in [6.45, 7) is 10.9. The summed E-state index contributed by atoms with van der Waals surface area (Å²) in [5.74, 6) is -0.00418. The molecule has 0 spiro atoms. The highest BCUT2D eigenvalue weighted by atomic mass is 32.2. The molecule has 3 rings (SSSR count). The summed E-state index contributed by atoms with van der Waals surface area (Å²) < 4.78 is 28.4. The van der Waals surface area contributed by atoms with Crippen LogP contribution in [0.15, 0.2) is 52.6 Å². The SMILES string of the molecule is Cc1ccc(S(=O)(=O)N2C/C(=C\[Si](C)(C)C)[C@H]3CC(=O)C=C[C@]32C)cc1. The van der Waals surface area contributed by atoms with Crippen molar-refractivity contribution < 1.29 is 13.2 Å². The molecule has 0 bridgehead atoms. The van der Waals surface area contributed by atoms with Crippen LogP contribution in [0.5, 0.6) is 0 Å². The van der Waals surface area contributed by atoms with Gasteiger partial charge in [0.1, 0.15) is 0 Å². The Hall–Kier alpha value is -1.50. The standard InChI is InChI=1S/C20H27NO3SSi/c1-15-6-8-18(9-7-15)25(23,24)21-13-16(14-26(3,4)5)19-12-17(22)10-11-20(19,21)2/h6-11,14,19H,12-13H2,1-5H3/b16-14+/t19-,20-/m1/s1. The van der Waals surface area contributed by atoms with Crippen LogP contribution in [-0.4, -0.2) is 38.7 Å². The fourth-order valence-corrected chi connectivity index (χ4v) is 7.11. The molecule has 0 N–H and O–H groups in total. The Kier molecular flexibility index (Phi) is 4.66. The molecule has 0 radical (unpaired) electrons. The summed E-state index contributed by atoms with van der Waals surface area (Å²) in [5.41, 5.74) is 3.70. The Bertz CT molecular complexity index is 894. The van der Waals surface area contributed by atoms with E-state index in [0.717, 1.165) is 11.1 Å². The minimum atomic E-state index is -3.64. The van der Waals surface area contributed by atoms with Crippen molar-refractivity contribution in [2.75, 3.05) is 6.54 Å². The molecule has 26 heavy (non-hydrogen) atoms. The third-order valence-corrected chi connectivity index (χ3v) is 8.46. The van der Waals surface area contributed by atoms with Crippen LogP contribution in [0.4, 0.5) is 0 Å². The molecule has 2 aliphatic rings. The van der Waals surface area contributed by atoms with Crippen molar-refractivity contribution in [3.05, 3.63) is 53.3 Å². The van der Waals surface area contributed by atoms with Crippen molar-refractivity contribution in [1.82, 2.24) is 4.31 Å². The lowest BCUT2D eigenvalue weighted by molar-refractivity contribution is -0.116. The van der Waals surface area contributed by atoms with Crippen molar-refractivity contribution in [2.24, 2.45) is 5.92 Å². The number of sulfonamides is 1. The zero-order valence-electron chi connectivity index (χ0n) is 16.1. The summed E-state index contributed by atoms with van der Waals surface area (Å²) in [4.78, 5) is 12.4. The van der Waals surface area contributed by atoms with Gasteiger partial charge in [-0.15, -0.1) is 0 Å². The Balaban J connectivity index is 2.12. The second-order valence-electron chi connectivity index (χ2n) is 8.69. The molecule has 0 saturated carbocycles. The smallest absolute Gasteiger partial charge is 0.244 e. The van der Waals surface area contributed by atoms with Crippen LogP contribution in [0.1, 0.15) is 18.9 Å². The number of carbonyl (C=O) groups is 1. The van der Waals surface area contributed by atoms with Crippen LogP contribution < -0.4 is 0 Å². The second kappa shape index (κ2) is 6.29.